The van der Waals surface area contributed by atoms with Crippen molar-refractivity contribution in [3.05, 3.63) is 142 Å². The second-order valence-corrected chi connectivity index (χ2v) is 9.39. The van der Waals surface area contributed by atoms with E-state index in [9.17, 15) is 14.3 Å². The van der Waals surface area contributed by atoms with E-state index in [0.29, 0.717) is 28.0 Å². The van der Waals surface area contributed by atoms with Crippen LogP contribution < -0.4 is 4.74 Å². The lowest BCUT2D eigenvalue weighted by Gasteiger charge is -2.23. The summed E-state index contributed by atoms with van der Waals surface area (Å²) in [5.41, 5.74) is 4.70. The Bertz CT molecular complexity index is 1580. The molecule has 2 heterocycles. The average Bonchev–Trinajstić information content (AvgIpc) is 3.20. The fourth-order valence-electron chi connectivity index (χ4n) is 5.17. The zero-order valence-electron chi connectivity index (χ0n) is 20.7. The smallest absolute Gasteiger partial charge is 0.260 e. The number of aromatic nitrogens is 1. The van der Waals surface area contributed by atoms with Crippen LogP contribution in [0.15, 0.2) is 103 Å². The van der Waals surface area contributed by atoms with Gasteiger partial charge in [-0.1, -0.05) is 78.9 Å². The molecule has 6 heteroatoms. The van der Waals surface area contributed by atoms with E-state index in [4.69, 9.17) is 4.74 Å². The molecule has 0 bridgehead atoms. The second kappa shape index (κ2) is 9.72. The summed E-state index contributed by atoms with van der Waals surface area (Å²) in [6.45, 7) is 2.01. The molecule has 6 rings (SSSR count). The van der Waals surface area contributed by atoms with Crippen molar-refractivity contribution in [3.8, 4) is 5.75 Å². The number of fused-ring (bicyclic) bond motifs is 2. The molecule has 0 fully saturated rings. The van der Waals surface area contributed by atoms with Gasteiger partial charge in [-0.2, -0.15) is 0 Å². The van der Waals surface area contributed by atoms with Gasteiger partial charge in [0.2, 0.25) is 0 Å². The van der Waals surface area contributed by atoms with Gasteiger partial charge in [0.25, 0.3) is 5.91 Å². The van der Waals surface area contributed by atoms with Crippen molar-refractivity contribution in [2.45, 2.75) is 25.8 Å². The van der Waals surface area contributed by atoms with Crippen LogP contribution in [0, 0.1) is 12.7 Å². The number of aliphatic hydroxyl groups is 1. The van der Waals surface area contributed by atoms with Gasteiger partial charge in [-0.05, 0) is 47.4 Å². The first-order chi connectivity index (χ1) is 18.5. The molecule has 1 aromatic heterocycles. The molecule has 0 spiro atoms. The maximum absolute atomic E-state index is 13.9. The minimum absolute atomic E-state index is 0.123. The fourth-order valence-corrected chi connectivity index (χ4v) is 5.17. The molecule has 1 aliphatic rings. The molecule has 1 aliphatic heterocycles. The van der Waals surface area contributed by atoms with Crippen molar-refractivity contribution in [3.63, 3.8) is 0 Å². The standard InChI is InChI=1S/C32H25FN2O3/c1-20-25-13-8-18-34-28(25)30(38-29(22-9-4-2-5-10-22)23-11-6-3-7-12-23)27-26(20)31(36)35(32(27)37)19-21-14-16-24(33)17-15-21/h2-18,29,31,36H,19H2,1H3. The summed E-state index contributed by atoms with van der Waals surface area (Å²) >= 11 is 0. The van der Waals surface area contributed by atoms with E-state index < -0.39 is 12.3 Å². The van der Waals surface area contributed by atoms with E-state index in [2.05, 4.69) is 4.98 Å². The number of carbonyl (C=O) groups is 1. The molecule has 0 radical (unpaired) electrons. The molecule has 5 nitrogen and oxygen atoms in total. The van der Waals surface area contributed by atoms with E-state index in [1.165, 1.54) is 17.0 Å². The second-order valence-electron chi connectivity index (χ2n) is 9.39. The molecular formula is C32H25FN2O3. The normalized spacial score (nSPS) is 14.8. The topological polar surface area (TPSA) is 62.7 Å². The lowest BCUT2D eigenvalue weighted by Crippen LogP contribution is -2.27. The summed E-state index contributed by atoms with van der Waals surface area (Å²) in [4.78, 5) is 19.9. The van der Waals surface area contributed by atoms with Gasteiger partial charge in [0, 0.05) is 23.7 Å². The third-order valence-electron chi connectivity index (χ3n) is 7.06. The van der Waals surface area contributed by atoms with E-state index in [0.717, 1.165) is 22.1 Å². The molecule has 1 atom stereocenters. The number of hydrogen-bond acceptors (Lipinski definition) is 4. The van der Waals surface area contributed by atoms with Gasteiger partial charge in [0.15, 0.2) is 12.0 Å². The van der Waals surface area contributed by atoms with Gasteiger partial charge < -0.3 is 14.7 Å². The van der Waals surface area contributed by atoms with E-state index >= 15 is 0 Å². The highest BCUT2D eigenvalue weighted by molar-refractivity contribution is 6.08. The molecule has 0 saturated carbocycles. The number of benzene rings is 4. The van der Waals surface area contributed by atoms with Gasteiger partial charge in [0.05, 0.1) is 5.56 Å². The Kier molecular flexibility index (Phi) is 6.10. The Morgan fingerprint density at radius 3 is 2.18 bits per heavy atom. The third-order valence-corrected chi connectivity index (χ3v) is 7.06. The summed E-state index contributed by atoms with van der Waals surface area (Å²) < 4.78 is 20.2. The Morgan fingerprint density at radius 2 is 1.55 bits per heavy atom. The summed E-state index contributed by atoms with van der Waals surface area (Å²) in [5.74, 6) is -0.381. The van der Waals surface area contributed by atoms with Crippen LogP contribution in [0.3, 0.4) is 0 Å². The zero-order valence-corrected chi connectivity index (χ0v) is 20.7. The Balaban J connectivity index is 1.51. The van der Waals surface area contributed by atoms with Crippen molar-refractivity contribution in [2.24, 2.45) is 0 Å². The maximum Gasteiger partial charge on any atom is 0.260 e. The number of hydrogen-bond donors (Lipinski definition) is 1. The Labute approximate surface area is 219 Å². The maximum atomic E-state index is 13.9. The average molecular weight is 505 g/mol. The van der Waals surface area contributed by atoms with Crippen LogP contribution in [-0.4, -0.2) is 20.9 Å². The van der Waals surface area contributed by atoms with Crippen LogP contribution >= 0.6 is 0 Å². The van der Waals surface area contributed by atoms with Crippen molar-refractivity contribution >= 4 is 16.8 Å². The molecule has 5 aromatic rings. The van der Waals surface area contributed by atoms with Crippen LogP contribution in [0.2, 0.25) is 0 Å². The van der Waals surface area contributed by atoms with Gasteiger partial charge in [0.1, 0.15) is 17.4 Å². The van der Waals surface area contributed by atoms with E-state index in [-0.39, 0.29) is 18.3 Å². The van der Waals surface area contributed by atoms with Crippen LogP contribution in [0.4, 0.5) is 4.39 Å². The SMILES string of the molecule is Cc1c2c(c(OC(c3ccccc3)c3ccccc3)c3ncccc13)C(=O)N(Cc1ccc(F)cc1)C2O. The van der Waals surface area contributed by atoms with Crippen molar-refractivity contribution in [1.29, 1.82) is 0 Å². The van der Waals surface area contributed by atoms with Crippen LogP contribution in [0.25, 0.3) is 10.9 Å². The Hall–Kier alpha value is -4.55. The first-order valence-corrected chi connectivity index (χ1v) is 12.4. The fraction of sp³-hybridized carbons (Fsp3) is 0.125. The van der Waals surface area contributed by atoms with Crippen LogP contribution in [0.1, 0.15) is 50.5 Å². The number of aryl methyl sites for hydroxylation is 1. The van der Waals surface area contributed by atoms with Gasteiger partial charge >= 0.3 is 0 Å². The lowest BCUT2D eigenvalue weighted by molar-refractivity contribution is 0.0135. The number of amides is 1. The van der Waals surface area contributed by atoms with Crippen molar-refractivity contribution in [2.75, 3.05) is 0 Å². The summed E-state index contributed by atoms with van der Waals surface area (Å²) in [6.07, 6.45) is -0.0142. The van der Waals surface area contributed by atoms with Gasteiger partial charge in [-0.15, -0.1) is 0 Å². The highest BCUT2D eigenvalue weighted by Gasteiger charge is 2.41. The third kappa shape index (κ3) is 4.09. The first kappa shape index (κ1) is 23.8. The van der Waals surface area contributed by atoms with E-state index in [1.54, 1.807) is 18.3 Å². The minimum Gasteiger partial charge on any atom is -0.478 e. The number of ether oxygens (including phenoxy) is 1. The zero-order chi connectivity index (χ0) is 26.2. The number of aliphatic hydroxyl groups excluding tert-OH is 1. The summed E-state index contributed by atoms with van der Waals surface area (Å²) in [5, 5.41) is 12.2. The largest absolute Gasteiger partial charge is 0.478 e. The van der Waals surface area contributed by atoms with Crippen LogP contribution in [-0.2, 0) is 6.54 Å². The lowest BCUT2D eigenvalue weighted by atomic mass is 9.96. The van der Waals surface area contributed by atoms with Crippen molar-refractivity contribution < 1.29 is 19.0 Å². The number of nitrogens with zero attached hydrogens (tertiary/aromatic N) is 2. The highest BCUT2D eigenvalue weighted by Crippen LogP contribution is 2.46. The molecule has 1 N–H and O–H groups in total. The van der Waals surface area contributed by atoms with Gasteiger partial charge in [-0.3, -0.25) is 9.78 Å². The predicted octanol–water partition coefficient (Wildman–Crippen LogP) is 6.50. The summed E-state index contributed by atoms with van der Waals surface area (Å²) in [6, 6.07) is 29.3. The van der Waals surface area contributed by atoms with E-state index in [1.807, 2.05) is 79.7 Å². The minimum atomic E-state index is -1.18. The predicted molar refractivity (Wildman–Crippen MR) is 143 cm³/mol. The molecule has 0 saturated heterocycles. The molecule has 188 valence electrons. The number of rotatable bonds is 6. The molecule has 4 aromatic carbocycles. The monoisotopic (exact) mass is 504 g/mol. The molecule has 38 heavy (non-hydrogen) atoms. The Morgan fingerprint density at radius 1 is 0.921 bits per heavy atom. The summed E-state index contributed by atoms with van der Waals surface area (Å²) in [7, 11) is 0. The van der Waals surface area contributed by atoms with Crippen LogP contribution in [0.5, 0.6) is 5.75 Å². The first-order valence-electron chi connectivity index (χ1n) is 12.4. The number of pyridine rings is 1. The molecule has 1 amide bonds. The number of carbonyl (C=O) groups excluding carboxylic acids is 1. The number of halogens is 1. The molecule has 0 aliphatic carbocycles. The van der Waals surface area contributed by atoms with Gasteiger partial charge in [-0.25, -0.2) is 4.39 Å². The van der Waals surface area contributed by atoms with Crippen molar-refractivity contribution in [1.82, 2.24) is 9.88 Å². The quantitative estimate of drug-likeness (QED) is 0.287. The molecule has 1 unspecified atom stereocenters. The highest BCUT2D eigenvalue weighted by atomic mass is 19.1. The molecular weight excluding hydrogens is 479 g/mol.